The lowest BCUT2D eigenvalue weighted by Gasteiger charge is -2.11. The van der Waals surface area contributed by atoms with Crippen molar-refractivity contribution >= 4 is 34.4 Å². The maximum Gasteiger partial charge on any atom is 0.325 e. The Kier molecular flexibility index (Phi) is 5.09. The van der Waals surface area contributed by atoms with Crippen molar-refractivity contribution in [2.24, 2.45) is 0 Å². The predicted molar refractivity (Wildman–Crippen MR) is 98.5 cm³/mol. The number of carboxylic acid groups (broad SMARTS) is 1. The van der Waals surface area contributed by atoms with Crippen LogP contribution in [0.3, 0.4) is 0 Å². The predicted octanol–water partition coefficient (Wildman–Crippen LogP) is 3.29. The molecule has 0 fully saturated rings. The van der Waals surface area contributed by atoms with Gasteiger partial charge in [-0.2, -0.15) is 0 Å². The summed E-state index contributed by atoms with van der Waals surface area (Å²) in [5.41, 5.74) is -0.200. The zero-order chi connectivity index (χ0) is 18.7. The normalized spacial score (nSPS) is 11.9. The standard InChI is InChI=1S/C19H16N2O4S/c1-11(19(24)25)21-18(23)16-17(22)15-8-7-14(9-12(15)10-20-16)26-13-5-3-2-4-6-13/h2-11,22H,1H3,(H,21,23)(H,24,25)/t11-/m1/s1. The largest absolute Gasteiger partial charge is 0.505 e. The van der Waals surface area contributed by atoms with E-state index < -0.39 is 17.9 Å². The highest BCUT2D eigenvalue weighted by Crippen LogP contribution is 2.33. The average Bonchev–Trinajstić information content (AvgIpc) is 2.62. The Morgan fingerprint density at radius 1 is 1.12 bits per heavy atom. The van der Waals surface area contributed by atoms with Gasteiger partial charge in [0.2, 0.25) is 0 Å². The Morgan fingerprint density at radius 2 is 1.85 bits per heavy atom. The van der Waals surface area contributed by atoms with Gasteiger partial charge in [-0.15, -0.1) is 0 Å². The fourth-order valence-corrected chi connectivity index (χ4v) is 3.25. The Balaban J connectivity index is 1.89. The summed E-state index contributed by atoms with van der Waals surface area (Å²) in [6, 6.07) is 14.2. The van der Waals surface area contributed by atoms with Crippen molar-refractivity contribution in [3.63, 3.8) is 0 Å². The van der Waals surface area contributed by atoms with E-state index in [1.807, 2.05) is 42.5 Å². The molecule has 3 aromatic rings. The molecule has 6 nitrogen and oxygen atoms in total. The van der Waals surface area contributed by atoms with Gasteiger partial charge in [0.1, 0.15) is 6.04 Å². The lowest BCUT2D eigenvalue weighted by molar-refractivity contribution is -0.138. The highest BCUT2D eigenvalue weighted by atomic mass is 32.2. The molecule has 1 amide bonds. The fraction of sp³-hybridized carbons (Fsp3) is 0.105. The Morgan fingerprint density at radius 3 is 2.54 bits per heavy atom. The van der Waals surface area contributed by atoms with Crippen molar-refractivity contribution in [2.45, 2.75) is 22.8 Å². The van der Waals surface area contributed by atoms with Gasteiger partial charge in [0.15, 0.2) is 11.4 Å². The SMILES string of the molecule is C[C@@H](NC(=O)c1ncc2cc(Sc3ccccc3)ccc2c1O)C(=O)O. The van der Waals surface area contributed by atoms with Gasteiger partial charge < -0.3 is 15.5 Å². The molecule has 3 rings (SSSR count). The van der Waals surface area contributed by atoms with E-state index in [-0.39, 0.29) is 11.4 Å². The van der Waals surface area contributed by atoms with Gasteiger partial charge in [0.25, 0.3) is 5.91 Å². The number of aromatic nitrogens is 1. The Hall–Kier alpha value is -3.06. The maximum absolute atomic E-state index is 12.1. The highest BCUT2D eigenvalue weighted by Gasteiger charge is 2.20. The summed E-state index contributed by atoms with van der Waals surface area (Å²) < 4.78 is 0. The average molecular weight is 368 g/mol. The van der Waals surface area contributed by atoms with Crippen LogP contribution in [0.25, 0.3) is 10.8 Å². The molecular weight excluding hydrogens is 352 g/mol. The molecule has 26 heavy (non-hydrogen) atoms. The van der Waals surface area contributed by atoms with E-state index in [4.69, 9.17) is 5.11 Å². The van der Waals surface area contributed by atoms with E-state index in [9.17, 15) is 14.7 Å². The number of carbonyl (C=O) groups is 2. The van der Waals surface area contributed by atoms with Gasteiger partial charge in [-0.3, -0.25) is 9.59 Å². The van der Waals surface area contributed by atoms with E-state index >= 15 is 0 Å². The third-order valence-electron chi connectivity index (χ3n) is 3.75. The number of fused-ring (bicyclic) bond motifs is 1. The van der Waals surface area contributed by atoms with Crippen LogP contribution in [0.4, 0.5) is 0 Å². The molecule has 1 heterocycles. The second-order valence-corrected chi connectivity index (χ2v) is 6.80. The number of hydrogen-bond donors (Lipinski definition) is 3. The molecule has 0 aliphatic heterocycles. The number of rotatable bonds is 5. The lowest BCUT2D eigenvalue weighted by atomic mass is 10.1. The first-order valence-corrected chi connectivity index (χ1v) is 8.65. The summed E-state index contributed by atoms with van der Waals surface area (Å²) in [6.45, 7) is 1.34. The van der Waals surface area contributed by atoms with Crippen molar-refractivity contribution in [3.8, 4) is 5.75 Å². The number of aromatic hydroxyl groups is 1. The summed E-state index contributed by atoms with van der Waals surface area (Å²) in [7, 11) is 0. The van der Waals surface area contributed by atoms with Gasteiger partial charge in [0, 0.05) is 26.8 Å². The molecular formula is C19H16N2O4S. The molecule has 2 aromatic carbocycles. The van der Waals surface area contributed by atoms with E-state index in [2.05, 4.69) is 10.3 Å². The van der Waals surface area contributed by atoms with Gasteiger partial charge in [-0.05, 0) is 37.3 Å². The lowest BCUT2D eigenvalue weighted by Crippen LogP contribution is -2.38. The van der Waals surface area contributed by atoms with Crippen LogP contribution in [-0.2, 0) is 4.79 Å². The summed E-state index contributed by atoms with van der Waals surface area (Å²) in [6.07, 6.45) is 1.49. The Bertz CT molecular complexity index is 976. The second kappa shape index (κ2) is 7.45. The molecule has 0 spiro atoms. The number of benzene rings is 2. The zero-order valence-corrected chi connectivity index (χ0v) is 14.7. The molecule has 0 bridgehead atoms. The van der Waals surface area contributed by atoms with Gasteiger partial charge in [-0.1, -0.05) is 30.0 Å². The van der Waals surface area contributed by atoms with Crippen molar-refractivity contribution in [2.75, 3.05) is 0 Å². The summed E-state index contributed by atoms with van der Waals surface area (Å²) in [5.74, 6) is -2.17. The van der Waals surface area contributed by atoms with Crippen LogP contribution in [0.2, 0.25) is 0 Å². The molecule has 0 aliphatic carbocycles. The van der Waals surface area contributed by atoms with Gasteiger partial charge >= 0.3 is 5.97 Å². The highest BCUT2D eigenvalue weighted by molar-refractivity contribution is 7.99. The number of carbonyl (C=O) groups excluding carboxylic acids is 1. The first-order chi connectivity index (χ1) is 12.5. The number of hydrogen-bond acceptors (Lipinski definition) is 5. The Labute approximate surface area is 153 Å². The number of carboxylic acids is 1. The molecule has 0 aliphatic rings. The minimum absolute atomic E-state index is 0.200. The van der Waals surface area contributed by atoms with Crippen LogP contribution >= 0.6 is 11.8 Å². The van der Waals surface area contributed by atoms with Crippen molar-refractivity contribution in [3.05, 3.63) is 60.4 Å². The first-order valence-electron chi connectivity index (χ1n) is 7.84. The van der Waals surface area contributed by atoms with Crippen molar-refractivity contribution < 1.29 is 19.8 Å². The smallest absolute Gasteiger partial charge is 0.325 e. The summed E-state index contributed by atoms with van der Waals surface area (Å²) >= 11 is 1.58. The van der Waals surface area contributed by atoms with Crippen LogP contribution < -0.4 is 5.32 Å². The van der Waals surface area contributed by atoms with E-state index in [1.54, 1.807) is 17.8 Å². The third-order valence-corrected chi connectivity index (χ3v) is 4.74. The molecule has 1 atom stereocenters. The van der Waals surface area contributed by atoms with Crippen molar-refractivity contribution in [1.29, 1.82) is 0 Å². The summed E-state index contributed by atoms with van der Waals surface area (Å²) in [5, 5.41) is 22.7. The maximum atomic E-state index is 12.1. The van der Waals surface area contributed by atoms with Gasteiger partial charge in [0.05, 0.1) is 0 Å². The molecule has 7 heteroatoms. The minimum atomic E-state index is -1.17. The number of nitrogens with one attached hydrogen (secondary N) is 1. The molecule has 132 valence electrons. The fourth-order valence-electron chi connectivity index (χ4n) is 2.37. The van der Waals surface area contributed by atoms with Crippen molar-refractivity contribution in [1.82, 2.24) is 10.3 Å². The monoisotopic (exact) mass is 368 g/mol. The van der Waals surface area contributed by atoms with Crippen LogP contribution in [0.15, 0.2) is 64.5 Å². The minimum Gasteiger partial charge on any atom is -0.505 e. The number of amides is 1. The van der Waals surface area contributed by atoms with E-state index in [0.717, 1.165) is 9.79 Å². The molecule has 0 saturated heterocycles. The molecule has 0 unspecified atom stereocenters. The quantitative estimate of drug-likeness (QED) is 0.639. The van der Waals surface area contributed by atoms with Crippen LogP contribution in [0.5, 0.6) is 5.75 Å². The van der Waals surface area contributed by atoms with Crippen LogP contribution in [-0.4, -0.2) is 33.1 Å². The third kappa shape index (κ3) is 3.78. The number of aliphatic carboxylic acids is 1. The molecule has 3 N–H and O–H groups in total. The molecule has 0 radical (unpaired) electrons. The van der Waals surface area contributed by atoms with Crippen LogP contribution in [0, 0.1) is 0 Å². The number of nitrogens with zero attached hydrogens (tertiary/aromatic N) is 1. The topological polar surface area (TPSA) is 99.5 Å². The molecule has 0 saturated carbocycles. The van der Waals surface area contributed by atoms with E-state index in [1.165, 1.54) is 13.1 Å². The van der Waals surface area contributed by atoms with E-state index in [0.29, 0.717) is 10.8 Å². The van der Waals surface area contributed by atoms with Gasteiger partial charge in [-0.25, -0.2) is 4.98 Å². The first kappa shape index (κ1) is 17.8. The zero-order valence-electron chi connectivity index (χ0n) is 13.8. The second-order valence-electron chi connectivity index (χ2n) is 5.65. The molecule has 1 aromatic heterocycles. The number of pyridine rings is 1. The van der Waals surface area contributed by atoms with Crippen LogP contribution in [0.1, 0.15) is 17.4 Å². The summed E-state index contributed by atoms with van der Waals surface area (Å²) in [4.78, 5) is 29.0.